The lowest BCUT2D eigenvalue weighted by Crippen LogP contribution is -2.42. The summed E-state index contributed by atoms with van der Waals surface area (Å²) in [5, 5.41) is 3.43. The molecule has 2 unspecified atom stereocenters. The maximum Gasteiger partial charge on any atom is 0.193 e. The third-order valence-electron chi connectivity index (χ3n) is 4.51. The van der Waals surface area contributed by atoms with Crippen molar-refractivity contribution in [1.82, 2.24) is 15.1 Å². The highest BCUT2D eigenvalue weighted by atomic mass is 127. The fourth-order valence-electron chi connectivity index (χ4n) is 3.07. The van der Waals surface area contributed by atoms with Crippen LogP contribution in [0, 0.1) is 11.8 Å². The number of rotatable bonds is 7. The van der Waals surface area contributed by atoms with Gasteiger partial charge in [-0.3, -0.25) is 4.99 Å². The first-order valence-corrected chi connectivity index (χ1v) is 8.35. The zero-order valence-electron chi connectivity index (χ0n) is 14.5. The summed E-state index contributed by atoms with van der Waals surface area (Å²) < 4.78 is 5.47. The molecule has 0 aromatic rings. The van der Waals surface area contributed by atoms with Crippen LogP contribution in [0.3, 0.4) is 0 Å². The molecule has 0 bridgehead atoms. The molecule has 0 spiro atoms. The van der Waals surface area contributed by atoms with Crippen molar-refractivity contribution in [2.45, 2.75) is 32.2 Å². The SMILES string of the molecule is CCNC(=NCC(C1CC1)N(C)C)N(C)CC1CCOC1.I. The number of nitrogens with zero attached hydrogens (tertiary/aromatic N) is 3. The molecular weight excluding hydrogens is 391 g/mol. The maximum absolute atomic E-state index is 5.47. The molecule has 0 aromatic carbocycles. The van der Waals surface area contributed by atoms with Gasteiger partial charge < -0.3 is 19.9 Å². The first-order valence-electron chi connectivity index (χ1n) is 8.35. The second-order valence-electron chi connectivity index (χ2n) is 6.67. The van der Waals surface area contributed by atoms with Crippen molar-refractivity contribution in [2.75, 3.05) is 54.0 Å². The van der Waals surface area contributed by atoms with Gasteiger partial charge in [-0.15, -0.1) is 24.0 Å². The van der Waals surface area contributed by atoms with E-state index in [4.69, 9.17) is 9.73 Å². The molecule has 0 radical (unpaired) electrons. The number of hydrogen-bond acceptors (Lipinski definition) is 3. The Hall–Kier alpha value is -0.0800. The van der Waals surface area contributed by atoms with Crippen molar-refractivity contribution in [1.29, 1.82) is 0 Å². The normalized spacial score (nSPS) is 23.3. The van der Waals surface area contributed by atoms with Crippen molar-refractivity contribution in [2.24, 2.45) is 16.8 Å². The molecule has 1 aliphatic carbocycles. The van der Waals surface area contributed by atoms with Crippen molar-refractivity contribution in [3.63, 3.8) is 0 Å². The molecule has 2 atom stereocenters. The zero-order chi connectivity index (χ0) is 15.2. The molecule has 2 fully saturated rings. The second kappa shape index (κ2) is 9.93. The standard InChI is InChI=1S/C16H32N4O.HI/c1-5-17-16(20(4)11-13-8-9-21-12-13)18-10-15(19(2)3)14-6-7-14;/h13-15H,5-12H2,1-4H3,(H,17,18);1H. The van der Waals surface area contributed by atoms with E-state index in [1.165, 1.54) is 19.3 Å². The maximum atomic E-state index is 5.47. The molecule has 2 aliphatic rings. The van der Waals surface area contributed by atoms with Gasteiger partial charge in [-0.2, -0.15) is 0 Å². The Morgan fingerprint density at radius 3 is 2.50 bits per heavy atom. The molecule has 130 valence electrons. The van der Waals surface area contributed by atoms with Crippen LogP contribution in [0.5, 0.6) is 0 Å². The highest BCUT2D eigenvalue weighted by Gasteiger charge is 2.32. The van der Waals surface area contributed by atoms with Gasteiger partial charge in [-0.1, -0.05) is 0 Å². The molecule has 22 heavy (non-hydrogen) atoms. The van der Waals surface area contributed by atoms with E-state index in [2.05, 4.69) is 43.2 Å². The molecular formula is C16H33IN4O. The zero-order valence-corrected chi connectivity index (χ0v) is 16.9. The summed E-state index contributed by atoms with van der Waals surface area (Å²) in [6, 6.07) is 0.585. The van der Waals surface area contributed by atoms with Gasteiger partial charge in [-0.05, 0) is 46.2 Å². The summed E-state index contributed by atoms with van der Waals surface area (Å²) in [6.07, 6.45) is 3.90. The molecule has 1 N–H and O–H groups in total. The Bertz CT molecular complexity index is 339. The monoisotopic (exact) mass is 424 g/mol. The van der Waals surface area contributed by atoms with E-state index in [0.717, 1.165) is 44.7 Å². The summed E-state index contributed by atoms with van der Waals surface area (Å²) in [7, 11) is 6.48. The number of ether oxygens (including phenoxy) is 1. The van der Waals surface area contributed by atoms with Crippen LogP contribution < -0.4 is 5.32 Å². The molecule has 6 heteroatoms. The molecule has 1 saturated heterocycles. The average Bonchev–Trinajstić information content (AvgIpc) is 3.14. The minimum Gasteiger partial charge on any atom is -0.381 e. The third-order valence-corrected chi connectivity index (χ3v) is 4.51. The highest BCUT2D eigenvalue weighted by Crippen LogP contribution is 2.34. The number of likely N-dealkylation sites (N-methyl/N-ethyl adjacent to an activating group) is 1. The minimum atomic E-state index is 0. The van der Waals surface area contributed by atoms with Crippen molar-refractivity contribution < 1.29 is 4.74 Å². The number of aliphatic imine (C=N–C) groups is 1. The van der Waals surface area contributed by atoms with Gasteiger partial charge in [0.1, 0.15) is 0 Å². The van der Waals surface area contributed by atoms with Crippen LogP contribution in [0.15, 0.2) is 4.99 Å². The van der Waals surface area contributed by atoms with Crippen LogP contribution in [0.2, 0.25) is 0 Å². The smallest absolute Gasteiger partial charge is 0.193 e. The van der Waals surface area contributed by atoms with Crippen LogP contribution >= 0.6 is 24.0 Å². The molecule has 0 aromatic heterocycles. The van der Waals surface area contributed by atoms with Crippen LogP contribution in [-0.2, 0) is 4.74 Å². The fourth-order valence-corrected chi connectivity index (χ4v) is 3.07. The van der Waals surface area contributed by atoms with Gasteiger partial charge in [0, 0.05) is 38.7 Å². The van der Waals surface area contributed by atoms with E-state index < -0.39 is 0 Å². The van der Waals surface area contributed by atoms with Crippen LogP contribution in [0.4, 0.5) is 0 Å². The van der Waals surface area contributed by atoms with E-state index in [0.29, 0.717) is 12.0 Å². The molecule has 2 rings (SSSR count). The summed E-state index contributed by atoms with van der Waals surface area (Å²) in [5.74, 6) is 2.53. The summed E-state index contributed by atoms with van der Waals surface area (Å²) in [6.45, 7) is 6.78. The Kier molecular flexibility index (Phi) is 9.01. The summed E-state index contributed by atoms with van der Waals surface area (Å²) in [5.41, 5.74) is 0. The average molecular weight is 424 g/mol. The molecule has 0 amide bonds. The van der Waals surface area contributed by atoms with Gasteiger partial charge in [0.05, 0.1) is 13.2 Å². The lowest BCUT2D eigenvalue weighted by atomic mass is 10.1. The van der Waals surface area contributed by atoms with E-state index in [1.54, 1.807) is 0 Å². The topological polar surface area (TPSA) is 40.1 Å². The predicted octanol–water partition coefficient (Wildman–Crippen LogP) is 1.88. The Morgan fingerprint density at radius 1 is 1.27 bits per heavy atom. The van der Waals surface area contributed by atoms with E-state index >= 15 is 0 Å². The predicted molar refractivity (Wildman–Crippen MR) is 103 cm³/mol. The Morgan fingerprint density at radius 2 is 2.00 bits per heavy atom. The largest absolute Gasteiger partial charge is 0.381 e. The molecule has 5 nitrogen and oxygen atoms in total. The first-order chi connectivity index (χ1) is 10.1. The van der Waals surface area contributed by atoms with Gasteiger partial charge in [0.2, 0.25) is 0 Å². The van der Waals surface area contributed by atoms with Crippen molar-refractivity contribution >= 4 is 29.9 Å². The minimum absolute atomic E-state index is 0. The molecule has 1 heterocycles. The third kappa shape index (κ3) is 6.20. The lowest BCUT2D eigenvalue weighted by Gasteiger charge is -2.27. The van der Waals surface area contributed by atoms with Gasteiger partial charge in [0.15, 0.2) is 5.96 Å². The second-order valence-corrected chi connectivity index (χ2v) is 6.67. The Balaban J connectivity index is 0.00000242. The fraction of sp³-hybridized carbons (Fsp3) is 0.938. The van der Waals surface area contributed by atoms with Crippen LogP contribution in [-0.4, -0.2) is 75.8 Å². The van der Waals surface area contributed by atoms with Crippen LogP contribution in [0.25, 0.3) is 0 Å². The quantitative estimate of drug-likeness (QED) is 0.385. The number of guanidine groups is 1. The lowest BCUT2D eigenvalue weighted by molar-refractivity contribution is 0.181. The number of nitrogens with one attached hydrogen (secondary N) is 1. The first kappa shape index (κ1) is 20.0. The van der Waals surface area contributed by atoms with Crippen molar-refractivity contribution in [3.05, 3.63) is 0 Å². The summed E-state index contributed by atoms with van der Waals surface area (Å²) in [4.78, 5) is 9.48. The van der Waals surface area contributed by atoms with E-state index in [-0.39, 0.29) is 24.0 Å². The molecule has 1 saturated carbocycles. The number of halogens is 1. The van der Waals surface area contributed by atoms with E-state index in [9.17, 15) is 0 Å². The van der Waals surface area contributed by atoms with Crippen molar-refractivity contribution in [3.8, 4) is 0 Å². The Labute approximate surface area is 152 Å². The summed E-state index contributed by atoms with van der Waals surface area (Å²) >= 11 is 0. The van der Waals surface area contributed by atoms with Gasteiger partial charge in [0.25, 0.3) is 0 Å². The van der Waals surface area contributed by atoms with Gasteiger partial charge in [-0.25, -0.2) is 0 Å². The number of hydrogen-bond donors (Lipinski definition) is 1. The highest BCUT2D eigenvalue weighted by molar-refractivity contribution is 14.0. The van der Waals surface area contributed by atoms with E-state index in [1.807, 2.05) is 0 Å². The molecule has 1 aliphatic heterocycles. The van der Waals surface area contributed by atoms with Crippen LogP contribution in [0.1, 0.15) is 26.2 Å². The van der Waals surface area contributed by atoms with Gasteiger partial charge >= 0.3 is 0 Å².